The van der Waals surface area contributed by atoms with Crippen molar-refractivity contribution in [2.24, 2.45) is 5.10 Å². The lowest BCUT2D eigenvalue weighted by Gasteiger charge is -2.08. The number of anilines is 1. The lowest BCUT2D eigenvalue weighted by Crippen LogP contribution is -1.98. The van der Waals surface area contributed by atoms with E-state index in [0.717, 1.165) is 11.8 Å². The molecule has 1 N–H and O–H groups in total. The van der Waals surface area contributed by atoms with Gasteiger partial charge in [-0.1, -0.05) is 0 Å². The first kappa shape index (κ1) is 16.7. The number of aromatic nitrogens is 1. The van der Waals surface area contributed by atoms with E-state index in [1.54, 1.807) is 18.2 Å². The van der Waals surface area contributed by atoms with Crippen molar-refractivity contribution in [3.63, 3.8) is 0 Å². The minimum Gasteiger partial charge on any atom is -0.493 e. The molecule has 0 saturated heterocycles. The lowest BCUT2D eigenvalue weighted by atomic mass is 10.2. The highest BCUT2D eigenvalue weighted by molar-refractivity contribution is 5.81. The van der Waals surface area contributed by atoms with Crippen LogP contribution in [0.25, 0.3) is 0 Å². The first-order chi connectivity index (χ1) is 11.6. The van der Waals surface area contributed by atoms with Crippen LogP contribution in [0.15, 0.2) is 41.6 Å². The van der Waals surface area contributed by atoms with Crippen LogP contribution in [0.2, 0.25) is 0 Å². The molecule has 0 aliphatic carbocycles. The molecule has 0 unspecified atom stereocenters. The quantitative estimate of drug-likeness (QED) is 0.470. The number of nitriles is 1. The van der Waals surface area contributed by atoms with Crippen LogP contribution in [0.1, 0.15) is 5.56 Å². The minimum atomic E-state index is -0.526. The summed E-state index contributed by atoms with van der Waals surface area (Å²) in [5, 5.41) is 23.1. The summed E-state index contributed by atoms with van der Waals surface area (Å²) in [6.45, 7) is -0.0723. The molecule has 0 fully saturated rings. The zero-order chi connectivity index (χ0) is 17.4. The number of pyridine rings is 1. The first-order valence-corrected chi connectivity index (χ1v) is 6.71. The first-order valence-electron chi connectivity index (χ1n) is 6.71. The normalized spacial score (nSPS) is 10.2. The zero-order valence-corrected chi connectivity index (χ0v) is 12.7. The van der Waals surface area contributed by atoms with Crippen molar-refractivity contribution in [2.45, 2.75) is 0 Å². The largest absolute Gasteiger partial charge is 0.493 e. The number of rotatable bonds is 7. The number of hydrogen-bond acceptors (Lipinski definition) is 8. The van der Waals surface area contributed by atoms with Crippen LogP contribution < -0.4 is 14.9 Å². The molecule has 24 heavy (non-hydrogen) atoms. The Labute approximate surface area is 137 Å². The predicted octanol–water partition coefficient (Wildman–Crippen LogP) is 2.35. The molecular weight excluding hydrogens is 314 g/mol. The molecule has 0 amide bonds. The molecule has 1 aromatic carbocycles. The number of ether oxygens (including phenoxy) is 2. The van der Waals surface area contributed by atoms with Crippen LogP contribution >= 0.6 is 0 Å². The van der Waals surface area contributed by atoms with Gasteiger partial charge in [-0.15, -0.1) is 0 Å². The summed E-state index contributed by atoms with van der Waals surface area (Å²) >= 11 is 0. The van der Waals surface area contributed by atoms with E-state index in [-0.39, 0.29) is 12.3 Å². The molecule has 9 nitrogen and oxygen atoms in total. The Morgan fingerprint density at radius 2 is 2.25 bits per heavy atom. The van der Waals surface area contributed by atoms with Crippen molar-refractivity contribution < 1.29 is 14.4 Å². The molecule has 0 saturated carbocycles. The molecule has 9 heteroatoms. The van der Waals surface area contributed by atoms with Crippen LogP contribution in [-0.2, 0) is 0 Å². The maximum Gasteiger partial charge on any atom is 0.287 e. The van der Waals surface area contributed by atoms with Gasteiger partial charge in [-0.05, 0) is 29.8 Å². The third kappa shape index (κ3) is 4.41. The van der Waals surface area contributed by atoms with Gasteiger partial charge in [0, 0.05) is 6.07 Å². The third-order valence-corrected chi connectivity index (χ3v) is 2.83. The van der Waals surface area contributed by atoms with Crippen molar-refractivity contribution in [3.05, 3.63) is 52.2 Å². The molecule has 0 atom stereocenters. The monoisotopic (exact) mass is 327 g/mol. The fraction of sp³-hybridized carbons (Fsp3) is 0.133. The summed E-state index contributed by atoms with van der Waals surface area (Å²) in [5.41, 5.74) is 3.30. The maximum absolute atomic E-state index is 10.5. The van der Waals surface area contributed by atoms with Crippen molar-refractivity contribution in [1.82, 2.24) is 4.98 Å². The summed E-state index contributed by atoms with van der Waals surface area (Å²) in [7, 11) is 1.49. The van der Waals surface area contributed by atoms with Gasteiger partial charge in [0.25, 0.3) is 5.69 Å². The number of nitrogens with zero attached hydrogens (tertiary/aromatic N) is 4. The molecular formula is C15H13N5O4. The van der Waals surface area contributed by atoms with Gasteiger partial charge in [0.05, 0.1) is 18.2 Å². The topological polar surface area (TPSA) is 123 Å². The van der Waals surface area contributed by atoms with Gasteiger partial charge in [-0.25, -0.2) is 4.98 Å². The fourth-order valence-corrected chi connectivity index (χ4v) is 1.73. The Morgan fingerprint density at radius 3 is 2.88 bits per heavy atom. The Kier molecular flexibility index (Phi) is 5.63. The van der Waals surface area contributed by atoms with Gasteiger partial charge >= 0.3 is 0 Å². The highest BCUT2D eigenvalue weighted by Gasteiger charge is 2.05. The summed E-state index contributed by atoms with van der Waals surface area (Å²) in [4.78, 5) is 13.9. The second-order valence-electron chi connectivity index (χ2n) is 4.39. The molecule has 2 rings (SSSR count). The number of hydrogen-bond donors (Lipinski definition) is 1. The molecule has 0 bridgehead atoms. The second-order valence-corrected chi connectivity index (χ2v) is 4.39. The number of benzene rings is 1. The van der Waals surface area contributed by atoms with Gasteiger partial charge in [-0.3, -0.25) is 15.5 Å². The third-order valence-electron chi connectivity index (χ3n) is 2.83. The van der Waals surface area contributed by atoms with E-state index in [1.807, 2.05) is 6.07 Å². The SMILES string of the molecule is COc1cc(/C=N/Nc2ccc([N+](=O)[O-])cn2)ccc1OCC#N. The maximum atomic E-state index is 10.5. The van der Waals surface area contributed by atoms with Gasteiger partial charge in [0.15, 0.2) is 18.1 Å². The smallest absolute Gasteiger partial charge is 0.287 e. The Bertz CT molecular complexity index is 783. The molecule has 2 aromatic rings. The van der Waals surface area contributed by atoms with Crippen molar-refractivity contribution in [1.29, 1.82) is 5.26 Å². The second kappa shape index (κ2) is 8.09. The van der Waals surface area contributed by atoms with E-state index in [2.05, 4.69) is 15.5 Å². The fourth-order valence-electron chi connectivity index (χ4n) is 1.73. The molecule has 0 radical (unpaired) electrons. The van der Waals surface area contributed by atoms with Gasteiger partial charge in [0.1, 0.15) is 18.1 Å². The average Bonchev–Trinajstić information content (AvgIpc) is 2.60. The number of methoxy groups -OCH3 is 1. The zero-order valence-electron chi connectivity index (χ0n) is 12.7. The Balaban J connectivity index is 2.03. The van der Waals surface area contributed by atoms with Gasteiger partial charge in [0.2, 0.25) is 0 Å². The van der Waals surface area contributed by atoms with E-state index in [1.165, 1.54) is 25.5 Å². The predicted molar refractivity (Wildman–Crippen MR) is 86.2 cm³/mol. The number of hydrazone groups is 1. The number of nitro groups is 1. The molecule has 0 aliphatic heterocycles. The van der Waals surface area contributed by atoms with Crippen molar-refractivity contribution in [2.75, 3.05) is 19.1 Å². The van der Waals surface area contributed by atoms with E-state index < -0.39 is 4.92 Å². The standard InChI is InChI=1S/C15H13N5O4/c1-23-14-8-11(2-4-13(14)24-7-6-16)9-18-19-15-5-3-12(10-17-15)20(21)22/h2-5,8-10H,7H2,1H3,(H,17,19)/b18-9+. The summed E-state index contributed by atoms with van der Waals surface area (Å²) in [5.74, 6) is 1.31. The summed E-state index contributed by atoms with van der Waals surface area (Å²) in [6.07, 6.45) is 2.67. The van der Waals surface area contributed by atoms with Crippen LogP contribution in [0.3, 0.4) is 0 Å². The van der Waals surface area contributed by atoms with Crippen molar-refractivity contribution in [3.8, 4) is 17.6 Å². The molecule has 1 heterocycles. The summed E-state index contributed by atoms with van der Waals surface area (Å²) < 4.78 is 10.4. The van der Waals surface area contributed by atoms with Crippen LogP contribution in [0.4, 0.5) is 11.5 Å². The highest BCUT2D eigenvalue weighted by atomic mass is 16.6. The molecule has 0 spiro atoms. The van der Waals surface area contributed by atoms with Gasteiger partial charge in [-0.2, -0.15) is 10.4 Å². The molecule has 1 aromatic heterocycles. The van der Waals surface area contributed by atoms with Gasteiger partial charge < -0.3 is 9.47 Å². The summed E-state index contributed by atoms with van der Waals surface area (Å²) in [6, 6.07) is 9.77. The molecule has 0 aliphatic rings. The minimum absolute atomic E-state index is 0.0723. The van der Waals surface area contributed by atoms with Crippen molar-refractivity contribution >= 4 is 17.7 Å². The van der Waals surface area contributed by atoms with E-state index in [4.69, 9.17) is 14.7 Å². The molecule has 122 valence electrons. The van der Waals surface area contributed by atoms with Crippen LogP contribution in [0.5, 0.6) is 11.5 Å². The van der Waals surface area contributed by atoms with Crippen LogP contribution in [0, 0.1) is 21.4 Å². The van der Waals surface area contributed by atoms with E-state index in [9.17, 15) is 10.1 Å². The number of nitrogens with one attached hydrogen (secondary N) is 1. The van der Waals surface area contributed by atoms with E-state index in [0.29, 0.717) is 17.3 Å². The van der Waals surface area contributed by atoms with Crippen LogP contribution in [-0.4, -0.2) is 29.8 Å². The Morgan fingerprint density at radius 1 is 1.42 bits per heavy atom. The van der Waals surface area contributed by atoms with E-state index >= 15 is 0 Å². The Hall–Kier alpha value is -3.67. The highest BCUT2D eigenvalue weighted by Crippen LogP contribution is 2.27. The lowest BCUT2D eigenvalue weighted by molar-refractivity contribution is -0.385. The average molecular weight is 327 g/mol.